The second-order valence-electron chi connectivity index (χ2n) is 6.43. The van der Waals surface area contributed by atoms with Crippen molar-refractivity contribution in [3.63, 3.8) is 0 Å². The Hall–Kier alpha value is -2.55. The average Bonchev–Trinajstić information content (AvgIpc) is 2.62. The average molecular weight is 344 g/mol. The van der Waals surface area contributed by atoms with Crippen LogP contribution < -0.4 is 14.8 Å². The lowest BCUT2D eigenvalue weighted by molar-refractivity contribution is -0.129. The molecule has 1 saturated carbocycles. The van der Waals surface area contributed by atoms with E-state index in [1.165, 1.54) is 14.0 Å². The van der Waals surface area contributed by atoms with Crippen LogP contribution in [0.4, 0.5) is 0 Å². The van der Waals surface area contributed by atoms with Crippen LogP contribution >= 0.6 is 0 Å². The smallest absolute Gasteiger partial charge is 0.262 e. The van der Waals surface area contributed by atoms with Gasteiger partial charge < -0.3 is 14.8 Å². The Balaban J connectivity index is 2.08. The fourth-order valence-electron chi connectivity index (χ4n) is 2.99. The topological polar surface area (TPSA) is 88.4 Å². The van der Waals surface area contributed by atoms with E-state index in [1.807, 2.05) is 0 Å². The fourth-order valence-corrected chi connectivity index (χ4v) is 2.99. The number of nitrogens with zero attached hydrogens (tertiary/aromatic N) is 1. The molecule has 0 unspecified atom stereocenters. The highest BCUT2D eigenvalue weighted by Crippen LogP contribution is 2.30. The molecule has 6 heteroatoms. The maximum absolute atomic E-state index is 12.5. The molecule has 0 aliphatic heterocycles. The molecule has 1 atom stereocenters. The van der Waals surface area contributed by atoms with Gasteiger partial charge in [0.2, 0.25) is 0 Å². The molecule has 6 nitrogen and oxygen atoms in total. The number of ketones is 1. The Labute approximate surface area is 148 Å². The van der Waals surface area contributed by atoms with E-state index in [9.17, 15) is 14.9 Å². The van der Waals surface area contributed by atoms with Gasteiger partial charge in [0.1, 0.15) is 5.54 Å². The number of benzene rings is 1. The minimum Gasteiger partial charge on any atom is -0.493 e. The van der Waals surface area contributed by atoms with Crippen LogP contribution in [0.2, 0.25) is 0 Å². The highest BCUT2D eigenvalue weighted by Gasteiger charge is 2.35. The maximum atomic E-state index is 12.5. The third-order valence-electron chi connectivity index (χ3n) is 4.53. The van der Waals surface area contributed by atoms with E-state index < -0.39 is 11.6 Å². The van der Waals surface area contributed by atoms with Gasteiger partial charge in [-0.2, -0.15) is 5.26 Å². The number of hydrogen-bond donors (Lipinski definition) is 1. The van der Waals surface area contributed by atoms with Gasteiger partial charge in [-0.25, -0.2) is 0 Å². The van der Waals surface area contributed by atoms with Gasteiger partial charge in [-0.1, -0.05) is 19.3 Å². The van der Waals surface area contributed by atoms with Crippen molar-refractivity contribution < 1.29 is 19.1 Å². The molecule has 0 saturated heterocycles. The van der Waals surface area contributed by atoms with Crippen molar-refractivity contribution in [3.8, 4) is 17.6 Å². The van der Waals surface area contributed by atoms with E-state index in [0.717, 1.165) is 19.3 Å². The lowest BCUT2D eigenvalue weighted by Gasteiger charge is -2.32. The van der Waals surface area contributed by atoms with Crippen molar-refractivity contribution in [2.24, 2.45) is 0 Å². The normalized spacial score (nSPS) is 17.0. The highest BCUT2D eigenvalue weighted by molar-refractivity contribution is 5.94. The number of ether oxygens (including phenoxy) is 2. The van der Waals surface area contributed by atoms with E-state index in [0.29, 0.717) is 29.9 Å². The molecule has 1 aliphatic rings. The van der Waals surface area contributed by atoms with E-state index in [1.54, 1.807) is 25.1 Å². The molecule has 0 spiro atoms. The lowest BCUT2D eigenvalue weighted by atomic mass is 9.83. The van der Waals surface area contributed by atoms with Crippen LogP contribution in [-0.4, -0.2) is 30.4 Å². The molecule has 0 bridgehead atoms. The number of Topliss-reactive ketones (excluding diaryl/α,β-unsaturated/α-hetero) is 1. The zero-order chi connectivity index (χ0) is 18.4. The van der Waals surface area contributed by atoms with Gasteiger partial charge in [-0.05, 0) is 44.9 Å². The van der Waals surface area contributed by atoms with E-state index in [4.69, 9.17) is 9.47 Å². The van der Waals surface area contributed by atoms with Gasteiger partial charge >= 0.3 is 0 Å². The Kier molecular flexibility index (Phi) is 6.02. The van der Waals surface area contributed by atoms with E-state index >= 15 is 0 Å². The van der Waals surface area contributed by atoms with Crippen molar-refractivity contribution in [2.45, 2.75) is 57.6 Å². The third-order valence-corrected chi connectivity index (χ3v) is 4.53. The Morgan fingerprint density at radius 2 is 1.92 bits per heavy atom. The minimum absolute atomic E-state index is 0.0797. The molecule has 0 aromatic heterocycles. The van der Waals surface area contributed by atoms with Crippen molar-refractivity contribution in [3.05, 3.63) is 23.8 Å². The lowest BCUT2D eigenvalue weighted by Crippen LogP contribution is -2.52. The summed E-state index contributed by atoms with van der Waals surface area (Å²) in [5.74, 6) is 0.356. The summed E-state index contributed by atoms with van der Waals surface area (Å²) < 4.78 is 11.0. The molecule has 1 aliphatic carbocycles. The Bertz CT molecular complexity index is 687. The monoisotopic (exact) mass is 344 g/mol. The summed E-state index contributed by atoms with van der Waals surface area (Å²) in [6.07, 6.45) is 3.50. The molecule has 1 amide bonds. The first-order chi connectivity index (χ1) is 11.9. The molecule has 1 aromatic rings. The van der Waals surface area contributed by atoms with Crippen LogP contribution in [0.25, 0.3) is 0 Å². The fraction of sp³-hybridized carbons (Fsp3) is 0.526. The summed E-state index contributed by atoms with van der Waals surface area (Å²) in [5, 5.41) is 12.3. The van der Waals surface area contributed by atoms with Gasteiger partial charge in [0.25, 0.3) is 5.91 Å². The van der Waals surface area contributed by atoms with E-state index in [2.05, 4.69) is 11.4 Å². The van der Waals surface area contributed by atoms with Crippen LogP contribution in [0.1, 0.15) is 56.3 Å². The van der Waals surface area contributed by atoms with Crippen LogP contribution in [0.5, 0.6) is 11.5 Å². The van der Waals surface area contributed by atoms with Crippen LogP contribution in [0.15, 0.2) is 18.2 Å². The number of carbonyl (C=O) groups excluding carboxylic acids is 2. The van der Waals surface area contributed by atoms with Gasteiger partial charge in [0.05, 0.1) is 13.2 Å². The van der Waals surface area contributed by atoms with E-state index in [-0.39, 0.29) is 11.7 Å². The molecular weight excluding hydrogens is 320 g/mol. The number of nitrogens with one attached hydrogen (secondary N) is 1. The standard InChI is InChI=1S/C19H24N2O4/c1-13(22)15-7-8-16(17(11-15)24-3)25-14(2)18(23)21-19(12-20)9-5-4-6-10-19/h7-8,11,14H,4-6,9-10H2,1-3H3,(H,21,23)/t14-/m0/s1. The highest BCUT2D eigenvalue weighted by atomic mass is 16.5. The van der Waals surface area contributed by atoms with Gasteiger partial charge in [0, 0.05) is 5.56 Å². The van der Waals surface area contributed by atoms with Crippen molar-refractivity contribution >= 4 is 11.7 Å². The largest absolute Gasteiger partial charge is 0.493 e. The molecule has 1 N–H and O–H groups in total. The van der Waals surface area contributed by atoms with Crippen molar-refractivity contribution in [1.82, 2.24) is 5.32 Å². The molecule has 2 rings (SSSR count). The number of hydrogen-bond acceptors (Lipinski definition) is 5. The van der Waals surface area contributed by atoms with Crippen molar-refractivity contribution in [2.75, 3.05) is 7.11 Å². The maximum Gasteiger partial charge on any atom is 0.262 e. The SMILES string of the molecule is COc1cc(C(C)=O)ccc1O[C@@H](C)C(=O)NC1(C#N)CCCCC1. The summed E-state index contributed by atoms with van der Waals surface area (Å²) >= 11 is 0. The molecule has 134 valence electrons. The predicted octanol–water partition coefficient (Wildman–Crippen LogP) is 3.01. The first-order valence-corrected chi connectivity index (χ1v) is 8.50. The van der Waals surface area contributed by atoms with Gasteiger partial charge in [0.15, 0.2) is 23.4 Å². The number of carbonyl (C=O) groups is 2. The summed E-state index contributed by atoms with van der Waals surface area (Å²) in [6.45, 7) is 3.10. The third kappa shape index (κ3) is 4.50. The zero-order valence-corrected chi connectivity index (χ0v) is 14.9. The summed E-state index contributed by atoms with van der Waals surface area (Å²) in [6, 6.07) is 7.08. The van der Waals surface area contributed by atoms with Gasteiger partial charge in [-0.3, -0.25) is 9.59 Å². The van der Waals surface area contributed by atoms with Gasteiger partial charge in [-0.15, -0.1) is 0 Å². The zero-order valence-electron chi connectivity index (χ0n) is 14.9. The Morgan fingerprint density at radius 3 is 2.48 bits per heavy atom. The quantitative estimate of drug-likeness (QED) is 0.801. The molecule has 0 radical (unpaired) electrons. The molecule has 1 fully saturated rings. The van der Waals surface area contributed by atoms with Crippen LogP contribution in [0, 0.1) is 11.3 Å². The first kappa shape index (κ1) is 18.8. The molecular formula is C19H24N2O4. The van der Waals surface area contributed by atoms with Crippen molar-refractivity contribution in [1.29, 1.82) is 5.26 Å². The predicted molar refractivity (Wildman–Crippen MR) is 92.7 cm³/mol. The number of methoxy groups -OCH3 is 1. The number of rotatable bonds is 6. The minimum atomic E-state index is -0.796. The summed E-state index contributed by atoms with van der Waals surface area (Å²) in [5.41, 5.74) is -0.290. The Morgan fingerprint density at radius 1 is 1.24 bits per heavy atom. The summed E-state index contributed by atoms with van der Waals surface area (Å²) in [4.78, 5) is 23.9. The summed E-state index contributed by atoms with van der Waals surface area (Å²) in [7, 11) is 1.48. The first-order valence-electron chi connectivity index (χ1n) is 8.50. The molecule has 0 heterocycles. The molecule has 25 heavy (non-hydrogen) atoms. The number of nitriles is 1. The van der Waals surface area contributed by atoms with Crippen LogP contribution in [-0.2, 0) is 4.79 Å². The second kappa shape index (κ2) is 8.02. The molecule has 1 aromatic carbocycles. The second-order valence-corrected chi connectivity index (χ2v) is 6.43. The van der Waals surface area contributed by atoms with Crippen LogP contribution in [0.3, 0.4) is 0 Å². The number of amides is 1.